The summed E-state index contributed by atoms with van der Waals surface area (Å²) in [5, 5.41) is 12.8. The maximum Gasteiger partial charge on any atom is 0.0587 e. The molecule has 0 amide bonds. The summed E-state index contributed by atoms with van der Waals surface area (Å²) in [5.74, 6) is 0. The fourth-order valence-corrected chi connectivity index (χ4v) is 2.03. The molecule has 0 bridgehead atoms. The number of aryl methyl sites for hydroxylation is 1. The lowest BCUT2D eigenvalue weighted by atomic mass is 10.1. The molecule has 2 aromatic rings. The van der Waals surface area contributed by atoms with Crippen LogP contribution in [-0.2, 0) is 20.0 Å². The molecule has 0 aliphatic carbocycles. The van der Waals surface area contributed by atoms with Crippen LogP contribution in [0.3, 0.4) is 0 Å². The predicted molar refractivity (Wildman–Crippen MR) is 73.3 cm³/mol. The Morgan fingerprint density at radius 1 is 1.17 bits per heavy atom. The zero-order valence-corrected chi connectivity index (χ0v) is 10.7. The third-order valence-electron chi connectivity index (χ3n) is 3.03. The molecule has 0 saturated carbocycles. The Hall–Kier alpha value is -1.58. The number of aromatic nitrogens is 1. The molecular weight excluding hydrogens is 224 g/mol. The first kappa shape index (κ1) is 12.9. The SMILES string of the molecule is Cn1ccc(CNC(CO)Cc2ccccc2)c1. The number of hydrogen-bond donors (Lipinski definition) is 2. The van der Waals surface area contributed by atoms with Gasteiger partial charge in [-0.1, -0.05) is 30.3 Å². The van der Waals surface area contributed by atoms with Crippen LogP contribution in [-0.4, -0.2) is 22.3 Å². The molecular formula is C15H20N2O. The highest BCUT2D eigenvalue weighted by Crippen LogP contribution is 2.05. The summed E-state index contributed by atoms with van der Waals surface area (Å²) in [7, 11) is 2.01. The monoisotopic (exact) mass is 244 g/mol. The summed E-state index contributed by atoms with van der Waals surface area (Å²) in [5.41, 5.74) is 2.49. The Balaban J connectivity index is 1.86. The summed E-state index contributed by atoms with van der Waals surface area (Å²) < 4.78 is 2.03. The van der Waals surface area contributed by atoms with E-state index in [2.05, 4.69) is 29.7 Å². The second-order valence-electron chi connectivity index (χ2n) is 4.64. The van der Waals surface area contributed by atoms with E-state index in [4.69, 9.17) is 0 Å². The molecule has 0 aliphatic rings. The van der Waals surface area contributed by atoms with Gasteiger partial charge in [0.05, 0.1) is 6.61 Å². The molecule has 2 rings (SSSR count). The van der Waals surface area contributed by atoms with Crippen molar-refractivity contribution in [2.45, 2.75) is 19.0 Å². The van der Waals surface area contributed by atoms with Gasteiger partial charge in [-0.25, -0.2) is 0 Å². The minimum atomic E-state index is 0.104. The fraction of sp³-hybridized carbons (Fsp3) is 0.333. The lowest BCUT2D eigenvalue weighted by Gasteiger charge is -2.15. The molecule has 0 spiro atoms. The minimum Gasteiger partial charge on any atom is -0.395 e. The van der Waals surface area contributed by atoms with Crippen LogP contribution in [0, 0.1) is 0 Å². The number of aliphatic hydroxyl groups is 1. The van der Waals surface area contributed by atoms with Crippen LogP contribution in [0.15, 0.2) is 48.8 Å². The fourth-order valence-electron chi connectivity index (χ4n) is 2.03. The van der Waals surface area contributed by atoms with E-state index in [0.717, 1.165) is 13.0 Å². The second-order valence-corrected chi connectivity index (χ2v) is 4.64. The van der Waals surface area contributed by atoms with Crippen LogP contribution in [0.4, 0.5) is 0 Å². The Morgan fingerprint density at radius 3 is 2.56 bits per heavy atom. The lowest BCUT2D eigenvalue weighted by molar-refractivity contribution is 0.241. The summed E-state index contributed by atoms with van der Waals surface area (Å²) in [4.78, 5) is 0. The van der Waals surface area contributed by atoms with Gasteiger partial charge in [0.2, 0.25) is 0 Å². The van der Waals surface area contributed by atoms with Gasteiger partial charge in [0.1, 0.15) is 0 Å². The standard InChI is InChI=1S/C15H20N2O/c1-17-8-7-14(11-17)10-16-15(12-18)9-13-5-3-2-4-6-13/h2-8,11,15-16,18H,9-10,12H2,1H3. The van der Waals surface area contributed by atoms with Gasteiger partial charge < -0.3 is 15.0 Å². The van der Waals surface area contributed by atoms with Crippen molar-refractivity contribution in [3.8, 4) is 0 Å². The van der Waals surface area contributed by atoms with Crippen LogP contribution in [0.25, 0.3) is 0 Å². The average Bonchev–Trinajstić information content (AvgIpc) is 2.81. The third-order valence-corrected chi connectivity index (χ3v) is 3.03. The highest BCUT2D eigenvalue weighted by Gasteiger charge is 2.07. The van der Waals surface area contributed by atoms with E-state index in [0.29, 0.717) is 0 Å². The number of aliphatic hydroxyl groups excluding tert-OH is 1. The maximum absolute atomic E-state index is 9.40. The summed E-state index contributed by atoms with van der Waals surface area (Å²) in [6, 6.07) is 12.4. The highest BCUT2D eigenvalue weighted by molar-refractivity contribution is 5.16. The average molecular weight is 244 g/mol. The van der Waals surface area contributed by atoms with Crippen LogP contribution in [0.1, 0.15) is 11.1 Å². The van der Waals surface area contributed by atoms with E-state index in [1.807, 2.05) is 36.0 Å². The van der Waals surface area contributed by atoms with E-state index < -0.39 is 0 Å². The number of benzene rings is 1. The van der Waals surface area contributed by atoms with Crippen molar-refractivity contribution in [1.29, 1.82) is 0 Å². The van der Waals surface area contributed by atoms with Gasteiger partial charge in [0, 0.05) is 32.0 Å². The molecule has 3 nitrogen and oxygen atoms in total. The molecule has 18 heavy (non-hydrogen) atoms. The van der Waals surface area contributed by atoms with Gasteiger partial charge in [-0.2, -0.15) is 0 Å². The molecule has 0 saturated heterocycles. The third kappa shape index (κ3) is 3.72. The van der Waals surface area contributed by atoms with E-state index in [1.165, 1.54) is 11.1 Å². The summed E-state index contributed by atoms with van der Waals surface area (Å²) in [6.07, 6.45) is 4.97. The van der Waals surface area contributed by atoms with Gasteiger partial charge in [-0.3, -0.25) is 0 Å². The van der Waals surface area contributed by atoms with Crippen molar-refractivity contribution in [3.05, 3.63) is 59.9 Å². The molecule has 96 valence electrons. The van der Waals surface area contributed by atoms with Crippen LogP contribution < -0.4 is 5.32 Å². The second kappa shape index (κ2) is 6.38. The zero-order valence-electron chi connectivity index (χ0n) is 10.7. The van der Waals surface area contributed by atoms with Crippen molar-refractivity contribution in [3.63, 3.8) is 0 Å². The molecule has 2 N–H and O–H groups in total. The van der Waals surface area contributed by atoms with E-state index in [-0.39, 0.29) is 12.6 Å². The normalized spacial score (nSPS) is 12.6. The Bertz CT molecular complexity index is 464. The molecule has 3 heteroatoms. The summed E-state index contributed by atoms with van der Waals surface area (Å²) >= 11 is 0. The minimum absolute atomic E-state index is 0.104. The van der Waals surface area contributed by atoms with Crippen LogP contribution in [0.2, 0.25) is 0 Å². The molecule has 1 aromatic heterocycles. The molecule has 1 aromatic carbocycles. The first-order valence-electron chi connectivity index (χ1n) is 6.27. The first-order valence-corrected chi connectivity index (χ1v) is 6.27. The lowest BCUT2D eigenvalue weighted by Crippen LogP contribution is -2.33. The van der Waals surface area contributed by atoms with E-state index >= 15 is 0 Å². The van der Waals surface area contributed by atoms with E-state index in [9.17, 15) is 5.11 Å². The van der Waals surface area contributed by atoms with Crippen LogP contribution in [0.5, 0.6) is 0 Å². The van der Waals surface area contributed by atoms with Crippen molar-refractivity contribution in [2.75, 3.05) is 6.61 Å². The number of nitrogens with one attached hydrogen (secondary N) is 1. The van der Waals surface area contributed by atoms with Gasteiger partial charge >= 0.3 is 0 Å². The smallest absolute Gasteiger partial charge is 0.0587 e. The quantitative estimate of drug-likeness (QED) is 0.812. The molecule has 1 atom stereocenters. The summed E-state index contributed by atoms with van der Waals surface area (Å²) in [6.45, 7) is 0.945. The van der Waals surface area contributed by atoms with Crippen LogP contribution >= 0.6 is 0 Å². The van der Waals surface area contributed by atoms with E-state index in [1.54, 1.807) is 0 Å². The largest absolute Gasteiger partial charge is 0.395 e. The van der Waals surface area contributed by atoms with Gasteiger partial charge in [-0.15, -0.1) is 0 Å². The first-order chi connectivity index (χ1) is 8.78. The van der Waals surface area contributed by atoms with Crippen molar-refractivity contribution in [2.24, 2.45) is 7.05 Å². The zero-order chi connectivity index (χ0) is 12.8. The van der Waals surface area contributed by atoms with Crippen molar-refractivity contribution < 1.29 is 5.11 Å². The van der Waals surface area contributed by atoms with Crippen molar-refractivity contribution >= 4 is 0 Å². The Morgan fingerprint density at radius 2 is 1.94 bits per heavy atom. The van der Waals surface area contributed by atoms with Gasteiger partial charge in [-0.05, 0) is 23.6 Å². The Labute approximate surface area is 108 Å². The molecule has 0 fully saturated rings. The Kier molecular flexibility index (Phi) is 4.56. The number of rotatable bonds is 6. The van der Waals surface area contributed by atoms with Gasteiger partial charge in [0.25, 0.3) is 0 Å². The maximum atomic E-state index is 9.40. The van der Waals surface area contributed by atoms with Gasteiger partial charge in [0.15, 0.2) is 0 Å². The molecule has 0 aliphatic heterocycles. The van der Waals surface area contributed by atoms with Crippen molar-refractivity contribution in [1.82, 2.24) is 9.88 Å². The molecule has 0 radical (unpaired) electrons. The molecule has 1 heterocycles. The number of nitrogens with zero attached hydrogens (tertiary/aromatic N) is 1. The number of hydrogen-bond acceptors (Lipinski definition) is 2. The predicted octanol–water partition coefficient (Wildman–Crippen LogP) is 1.72. The molecule has 1 unspecified atom stereocenters. The topological polar surface area (TPSA) is 37.2 Å². The highest BCUT2D eigenvalue weighted by atomic mass is 16.3.